The minimum absolute atomic E-state index is 0.385. The molecule has 0 aliphatic heterocycles. The molecular weight excluding hydrogens is 320 g/mol. The quantitative estimate of drug-likeness (QED) is 0.549. The fraction of sp³-hybridized carbons (Fsp3) is 0.400. The number of benzene rings is 2. The van der Waals surface area contributed by atoms with E-state index in [1.54, 1.807) is 0 Å². The van der Waals surface area contributed by atoms with Gasteiger partial charge in [-0.3, -0.25) is 9.59 Å². The molecule has 0 radical (unpaired) electrons. The van der Waals surface area contributed by atoms with Crippen LogP contribution >= 0.6 is 0 Å². The van der Waals surface area contributed by atoms with Gasteiger partial charge in [-0.1, -0.05) is 44.5 Å². The van der Waals surface area contributed by atoms with Gasteiger partial charge in [0.15, 0.2) is 11.5 Å². The van der Waals surface area contributed by atoms with Crippen molar-refractivity contribution in [1.82, 2.24) is 0 Å². The van der Waals surface area contributed by atoms with Crippen LogP contribution in [0.3, 0.4) is 0 Å². The van der Waals surface area contributed by atoms with Crippen LogP contribution in [0, 0.1) is 0 Å². The third-order valence-electron chi connectivity index (χ3n) is 3.61. The highest BCUT2D eigenvalue weighted by Gasteiger charge is 2.24. The van der Waals surface area contributed by atoms with Crippen molar-refractivity contribution in [2.24, 2.45) is 0 Å². The predicted molar refractivity (Wildman–Crippen MR) is 96.3 cm³/mol. The molecule has 0 bridgehead atoms. The number of hydrogen-bond acceptors (Lipinski definition) is 5. The van der Waals surface area contributed by atoms with Crippen LogP contribution in [0.25, 0.3) is 10.8 Å². The van der Waals surface area contributed by atoms with Gasteiger partial charge in [-0.15, -0.1) is 0 Å². The Bertz CT molecular complexity index is 779. The first kappa shape index (κ1) is 18.8. The molecule has 5 nitrogen and oxygen atoms in total. The molecule has 25 heavy (non-hydrogen) atoms. The molecule has 5 heteroatoms. The van der Waals surface area contributed by atoms with E-state index in [4.69, 9.17) is 14.2 Å². The zero-order chi connectivity index (χ0) is 18.4. The lowest BCUT2D eigenvalue weighted by atomic mass is 9.99. The fourth-order valence-electron chi connectivity index (χ4n) is 2.74. The Morgan fingerprint density at radius 3 is 1.92 bits per heavy atom. The predicted octanol–water partition coefficient (Wildman–Crippen LogP) is 4.43. The maximum absolute atomic E-state index is 11.7. The SMILES string of the molecule is CCCOc1c(CCC)c(OC(C)=O)c2ccccc2c1OC(C)=O. The van der Waals surface area contributed by atoms with E-state index in [0.717, 1.165) is 23.8 Å². The number of rotatable bonds is 7. The second-order valence-corrected chi connectivity index (χ2v) is 5.80. The number of hydrogen-bond donors (Lipinski definition) is 0. The Kier molecular flexibility index (Phi) is 6.39. The molecule has 2 aromatic rings. The Balaban J connectivity index is 2.84. The molecule has 0 aliphatic carbocycles. The van der Waals surface area contributed by atoms with Gasteiger partial charge in [-0.2, -0.15) is 0 Å². The summed E-state index contributed by atoms with van der Waals surface area (Å²) in [6.07, 6.45) is 2.27. The van der Waals surface area contributed by atoms with Crippen LogP contribution in [-0.4, -0.2) is 18.5 Å². The molecule has 0 unspecified atom stereocenters. The number of carbonyl (C=O) groups is 2. The van der Waals surface area contributed by atoms with Crippen molar-refractivity contribution in [1.29, 1.82) is 0 Å². The molecule has 0 fully saturated rings. The summed E-state index contributed by atoms with van der Waals surface area (Å²) in [5.74, 6) is 0.523. The van der Waals surface area contributed by atoms with Gasteiger partial charge in [-0.05, 0) is 12.8 Å². The van der Waals surface area contributed by atoms with Gasteiger partial charge in [0.25, 0.3) is 0 Å². The van der Waals surface area contributed by atoms with Crippen LogP contribution in [0.15, 0.2) is 24.3 Å². The molecule has 0 amide bonds. The van der Waals surface area contributed by atoms with E-state index in [2.05, 4.69) is 0 Å². The number of esters is 2. The molecule has 0 saturated carbocycles. The minimum atomic E-state index is -0.422. The van der Waals surface area contributed by atoms with Gasteiger partial charge in [0.05, 0.1) is 6.61 Å². The first-order valence-electron chi connectivity index (χ1n) is 8.56. The summed E-state index contributed by atoms with van der Waals surface area (Å²) in [6, 6.07) is 7.38. The first-order chi connectivity index (χ1) is 12.0. The molecule has 0 aromatic heterocycles. The summed E-state index contributed by atoms with van der Waals surface area (Å²) < 4.78 is 17.0. The van der Waals surface area contributed by atoms with Crippen molar-refractivity contribution in [2.45, 2.75) is 47.0 Å². The number of carbonyl (C=O) groups excluding carboxylic acids is 2. The molecule has 0 N–H and O–H groups in total. The summed E-state index contributed by atoms with van der Waals surface area (Å²) in [5.41, 5.74) is 0.751. The van der Waals surface area contributed by atoms with Crippen LogP contribution in [0.5, 0.6) is 17.2 Å². The van der Waals surface area contributed by atoms with Crippen molar-refractivity contribution < 1.29 is 23.8 Å². The normalized spacial score (nSPS) is 10.6. The number of fused-ring (bicyclic) bond motifs is 1. The summed E-state index contributed by atoms with van der Waals surface area (Å²) >= 11 is 0. The first-order valence-corrected chi connectivity index (χ1v) is 8.56. The molecule has 0 saturated heterocycles. The zero-order valence-electron chi connectivity index (χ0n) is 15.2. The summed E-state index contributed by atoms with van der Waals surface area (Å²) in [7, 11) is 0. The highest BCUT2D eigenvalue weighted by molar-refractivity contribution is 5.99. The highest BCUT2D eigenvalue weighted by atomic mass is 16.6. The van der Waals surface area contributed by atoms with Crippen molar-refractivity contribution in [2.75, 3.05) is 6.61 Å². The van der Waals surface area contributed by atoms with E-state index < -0.39 is 11.9 Å². The van der Waals surface area contributed by atoms with Gasteiger partial charge in [-0.25, -0.2) is 0 Å². The van der Waals surface area contributed by atoms with Crippen LogP contribution in [0.2, 0.25) is 0 Å². The van der Waals surface area contributed by atoms with Crippen molar-refractivity contribution in [3.05, 3.63) is 29.8 Å². The maximum atomic E-state index is 11.7. The van der Waals surface area contributed by atoms with Crippen LogP contribution in [-0.2, 0) is 16.0 Å². The van der Waals surface area contributed by atoms with Gasteiger partial charge in [0.2, 0.25) is 0 Å². The fourth-order valence-corrected chi connectivity index (χ4v) is 2.74. The van der Waals surface area contributed by atoms with Crippen molar-refractivity contribution in [3.63, 3.8) is 0 Å². The van der Waals surface area contributed by atoms with Gasteiger partial charge < -0.3 is 14.2 Å². The third-order valence-corrected chi connectivity index (χ3v) is 3.61. The lowest BCUT2D eigenvalue weighted by molar-refractivity contribution is -0.133. The molecule has 0 spiro atoms. The zero-order valence-corrected chi connectivity index (χ0v) is 15.2. The maximum Gasteiger partial charge on any atom is 0.308 e. The van der Waals surface area contributed by atoms with Crippen molar-refractivity contribution in [3.8, 4) is 17.2 Å². The molecule has 2 aromatic carbocycles. The largest absolute Gasteiger partial charge is 0.489 e. The molecule has 134 valence electrons. The van der Waals surface area contributed by atoms with Crippen LogP contribution in [0.1, 0.15) is 46.1 Å². The number of ether oxygens (including phenoxy) is 3. The Morgan fingerprint density at radius 2 is 1.40 bits per heavy atom. The highest BCUT2D eigenvalue weighted by Crippen LogP contribution is 2.46. The van der Waals surface area contributed by atoms with E-state index in [1.807, 2.05) is 38.1 Å². The second kappa shape index (κ2) is 8.51. The summed E-state index contributed by atoms with van der Waals surface area (Å²) in [5, 5.41) is 1.40. The summed E-state index contributed by atoms with van der Waals surface area (Å²) in [4.78, 5) is 23.3. The standard InChI is InChI=1S/C20H24O5/c1-5-9-17-18(24-13(3)21)15-10-7-8-11-16(15)20(25-14(4)22)19(17)23-12-6-2/h7-8,10-11H,5-6,9,12H2,1-4H3. The van der Waals surface area contributed by atoms with Gasteiger partial charge in [0, 0.05) is 30.2 Å². The monoisotopic (exact) mass is 344 g/mol. The lowest BCUT2D eigenvalue weighted by Gasteiger charge is -2.21. The third kappa shape index (κ3) is 4.29. The smallest absolute Gasteiger partial charge is 0.308 e. The van der Waals surface area contributed by atoms with E-state index >= 15 is 0 Å². The molecular formula is C20H24O5. The molecule has 0 atom stereocenters. The average molecular weight is 344 g/mol. The Labute approximate surface area is 147 Å². The lowest BCUT2D eigenvalue weighted by Crippen LogP contribution is -2.11. The average Bonchev–Trinajstić information content (AvgIpc) is 2.57. The summed E-state index contributed by atoms with van der Waals surface area (Å²) in [6.45, 7) is 7.23. The van der Waals surface area contributed by atoms with Crippen LogP contribution in [0.4, 0.5) is 0 Å². The van der Waals surface area contributed by atoms with Crippen LogP contribution < -0.4 is 14.2 Å². The van der Waals surface area contributed by atoms with E-state index in [9.17, 15) is 9.59 Å². The van der Waals surface area contributed by atoms with Gasteiger partial charge >= 0.3 is 11.9 Å². The topological polar surface area (TPSA) is 61.8 Å². The Morgan fingerprint density at radius 1 is 0.840 bits per heavy atom. The Hall–Kier alpha value is -2.56. The van der Waals surface area contributed by atoms with Gasteiger partial charge in [0.1, 0.15) is 5.75 Å². The van der Waals surface area contributed by atoms with Crippen molar-refractivity contribution >= 4 is 22.7 Å². The van der Waals surface area contributed by atoms with E-state index in [1.165, 1.54) is 13.8 Å². The minimum Gasteiger partial charge on any atom is -0.489 e. The van der Waals surface area contributed by atoms with E-state index in [-0.39, 0.29) is 0 Å². The van der Waals surface area contributed by atoms with E-state index in [0.29, 0.717) is 35.7 Å². The molecule has 2 rings (SSSR count). The molecule has 0 heterocycles. The second-order valence-electron chi connectivity index (χ2n) is 5.80. The molecule has 0 aliphatic rings.